The minimum absolute atomic E-state index is 0.181. The van der Waals surface area contributed by atoms with Gasteiger partial charge in [0.2, 0.25) is 11.8 Å². The monoisotopic (exact) mass is 344 g/mol. The predicted octanol–water partition coefficient (Wildman–Crippen LogP) is 2.35. The molecule has 3 fully saturated rings. The largest absolute Gasteiger partial charge is 0.481 e. The summed E-state index contributed by atoms with van der Waals surface area (Å²) in [5.74, 6) is 3.60. The minimum atomic E-state index is 0.181. The van der Waals surface area contributed by atoms with E-state index in [9.17, 15) is 4.79 Å². The lowest BCUT2D eigenvalue weighted by Crippen LogP contribution is -2.42. The van der Waals surface area contributed by atoms with Gasteiger partial charge >= 0.3 is 0 Å². The van der Waals surface area contributed by atoms with Gasteiger partial charge in [0.15, 0.2) is 0 Å². The number of nitrogens with zero attached hydrogens (tertiary/aromatic N) is 4. The molecule has 2 atom stereocenters. The van der Waals surface area contributed by atoms with E-state index < -0.39 is 0 Å². The molecule has 1 aromatic heterocycles. The molecule has 3 aliphatic rings. The first-order valence-corrected chi connectivity index (χ1v) is 9.64. The first-order chi connectivity index (χ1) is 12.2. The van der Waals surface area contributed by atoms with Crippen molar-refractivity contribution in [2.75, 3.05) is 38.2 Å². The van der Waals surface area contributed by atoms with E-state index in [4.69, 9.17) is 4.74 Å². The van der Waals surface area contributed by atoms with Crippen molar-refractivity contribution in [3.05, 3.63) is 12.4 Å². The number of fused-ring (bicyclic) bond motifs is 1. The smallest absolute Gasteiger partial charge is 0.225 e. The number of hydrogen-bond donors (Lipinski definition) is 0. The quantitative estimate of drug-likeness (QED) is 0.842. The number of likely N-dealkylation sites (tertiary alicyclic amines) is 1. The van der Waals surface area contributed by atoms with E-state index in [2.05, 4.69) is 19.8 Å². The van der Waals surface area contributed by atoms with Crippen LogP contribution < -0.4 is 9.64 Å². The molecular formula is C19H28N4O2. The van der Waals surface area contributed by atoms with Gasteiger partial charge in [-0.05, 0) is 37.5 Å². The zero-order valence-electron chi connectivity index (χ0n) is 15.1. The molecule has 1 aliphatic carbocycles. The van der Waals surface area contributed by atoms with Gasteiger partial charge in [-0.1, -0.05) is 12.8 Å². The number of carbonyl (C=O) groups excluding carboxylic acids is 1. The van der Waals surface area contributed by atoms with Crippen LogP contribution in [-0.4, -0.2) is 54.1 Å². The molecule has 0 aromatic carbocycles. The fraction of sp³-hybridized carbons (Fsp3) is 0.737. The molecule has 3 heterocycles. The number of amides is 1. The molecule has 2 unspecified atom stereocenters. The molecule has 4 rings (SSSR count). The molecular weight excluding hydrogens is 316 g/mol. The summed E-state index contributed by atoms with van der Waals surface area (Å²) in [4.78, 5) is 25.8. The fourth-order valence-electron chi connectivity index (χ4n) is 4.81. The number of ether oxygens (including phenoxy) is 1. The number of hydrogen-bond acceptors (Lipinski definition) is 5. The highest BCUT2D eigenvalue weighted by atomic mass is 16.5. The highest BCUT2D eigenvalue weighted by molar-refractivity contribution is 5.79. The molecule has 0 radical (unpaired) electrons. The lowest BCUT2D eigenvalue weighted by atomic mass is 9.82. The van der Waals surface area contributed by atoms with E-state index >= 15 is 0 Å². The van der Waals surface area contributed by atoms with Gasteiger partial charge in [0.05, 0.1) is 7.11 Å². The van der Waals surface area contributed by atoms with E-state index in [0.717, 1.165) is 56.7 Å². The highest BCUT2D eigenvalue weighted by Crippen LogP contribution is 2.37. The van der Waals surface area contributed by atoms with Gasteiger partial charge in [-0.3, -0.25) is 4.79 Å². The molecule has 136 valence electrons. The van der Waals surface area contributed by atoms with Gasteiger partial charge in [-0.15, -0.1) is 0 Å². The molecule has 25 heavy (non-hydrogen) atoms. The molecule has 2 saturated heterocycles. The Morgan fingerprint density at radius 1 is 1.08 bits per heavy atom. The second kappa shape index (κ2) is 7.18. The van der Waals surface area contributed by atoms with Gasteiger partial charge in [-0.2, -0.15) is 0 Å². The van der Waals surface area contributed by atoms with Gasteiger partial charge < -0.3 is 14.5 Å². The Bertz CT molecular complexity index is 601. The van der Waals surface area contributed by atoms with Crippen molar-refractivity contribution in [1.82, 2.24) is 14.9 Å². The van der Waals surface area contributed by atoms with Crippen LogP contribution in [-0.2, 0) is 4.79 Å². The number of methoxy groups -OCH3 is 1. The van der Waals surface area contributed by atoms with Crippen LogP contribution in [0.5, 0.6) is 5.88 Å². The maximum absolute atomic E-state index is 12.9. The summed E-state index contributed by atoms with van der Waals surface area (Å²) in [6.45, 7) is 3.76. The number of aromatic nitrogens is 2. The summed E-state index contributed by atoms with van der Waals surface area (Å²) in [7, 11) is 1.62. The topological polar surface area (TPSA) is 58.6 Å². The van der Waals surface area contributed by atoms with Crippen LogP contribution in [0.1, 0.15) is 38.5 Å². The summed E-state index contributed by atoms with van der Waals surface area (Å²) in [6.07, 6.45) is 8.71. The zero-order valence-corrected chi connectivity index (χ0v) is 15.1. The fourth-order valence-corrected chi connectivity index (χ4v) is 4.81. The van der Waals surface area contributed by atoms with E-state index in [1.165, 1.54) is 32.0 Å². The third-order valence-corrected chi connectivity index (χ3v) is 6.29. The molecule has 0 spiro atoms. The number of anilines is 1. The van der Waals surface area contributed by atoms with Crippen molar-refractivity contribution in [3.8, 4) is 5.88 Å². The lowest BCUT2D eigenvalue weighted by Gasteiger charge is -2.33. The van der Waals surface area contributed by atoms with Crippen LogP contribution in [0.3, 0.4) is 0 Å². The standard InChI is InChI=1S/C19H28N4O2/c1-25-18-10-17(20-13-21-18)22-8-6-14(7-9-22)19(24)23-11-15-4-2-3-5-16(15)12-23/h10,13-16H,2-9,11-12H2,1H3. The maximum Gasteiger partial charge on any atom is 0.225 e. The van der Waals surface area contributed by atoms with E-state index in [-0.39, 0.29) is 5.92 Å². The second-order valence-electron chi connectivity index (χ2n) is 7.73. The Labute approximate surface area is 149 Å². The van der Waals surface area contributed by atoms with Crippen molar-refractivity contribution >= 4 is 11.7 Å². The first-order valence-electron chi connectivity index (χ1n) is 9.64. The zero-order chi connectivity index (χ0) is 17.2. The van der Waals surface area contributed by atoms with Crippen molar-refractivity contribution in [2.24, 2.45) is 17.8 Å². The van der Waals surface area contributed by atoms with Crippen molar-refractivity contribution < 1.29 is 9.53 Å². The maximum atomic E-state index is 12.9. The predicted molar refractivity (Wildman–Crippen MR) is 95.5 cm³/mol. The first kappa shape index (κ1) is 16.6. The molecule has 6 nitrogen and oxygen atoms in total. The van der Waals surface area contributed by atoms with Gasteiger partial charge in [-0.25, -0.2) is 9.97 Å². The van der Waals surface area contributed by atoms with Crippen molar-refractivity contribution in [1.29, 1.82) is 0 Å². The Balaban J connectivity index is 1.33. The Hall–Kier alpha value is -1.85. The van der Waals surface area contributed by atoms with Crippen LogP contribution in [0.15, 0.2) is 12.4 Å². The number of carbonyl (C=O) groups is 1. The summed E-state index contributed by atoms with van der Waals surface area (Å²) in [5, 5.41) is 0. The van der Waals surface area contributed by atoms with Gasteiger partial charge in [0.1, 0.15) is 12.1 Å². The molecule has 0 bridgehead atoms. The highest BCUT2D eigenvalue weighted by Gasteiger charge is 2.39. The van der Waals surface area contributed by atoms with Crippen LogP contribution >= 0.6 is 0 Å². The number of rotatable bonds is 3. The summed E-state index contributed by atoms with van der Waals surface area (Å²) in [6, 6.07) is 1.87. The molecule has 1 amide bonds. The molecule has 0 N–H and O–H groups in total. The van der Waals surface area contributed by atoms with Crippen LogP contribution in [0.25, 0.3) is 0 Å². The Morgan fingerprint density at radius 3 is 2.40 bits per heavy atom. The van der Waals surface area contributed by atoms with Crippen LogP contribution in [0, 0.1) is 17.8 Å². The van der Waals surface area contributed by atoms with E-state index in [1.54, 1.807) is 7.11 Å². The molecule has 1 aromatic rings. The number of piperidine rings is 1. The second-order valence-corrected chi connectivity index (χ2v) is 7.73. The van der Waals surface area contributed by atoms with Crippen molar-refractivity contribution in [3.63, 3.8) is 0 Å². The summed E-state index contributed by atoms with van der Waals surface area (Å²) < 4.78 is 5.18. The SMILES string of the molecule is COc1cc(N2CCC(C(=O)N3CC4CCCCC4C3)CC2)ncn1. The lowest BCUT2D eigenvalue weighted by molar-refractivity contribution is -0.135. The Morgan fingerprint density at radius 2 is 1.76 bits per heavy atom. The van der Waals surface area contributed by atoms with Crippen LogP contribution in [0.2, 0.25) is 0 Å². The van der Waals surface area contributed by atoms with Crippen LogP contribution in [0.4, 0.5) is 5.82 Å². The van der Waals surface area contributed by atoms with Gasteiger partial charge in [0.25, 0.3) is 0 Å². The normalized spacial score (nSPS) is 27.2. The van der Waals surface area contributed by atoms with Crippen molar-refractivity contribution in [2.45, 2.75) is 38.5 Å². The molecule has 6 heteroatoms. The average molecular weight is 344 g/mol. The van der Waals surface area contributed by atoms with E-state index in [0.29, 0.717) is 11.8 Å². The third kappa shape index (κ3) is 3.44. The minimum Gasteiger partial charge on any atom is -0.481 e. The van der Waals surface area contributed by atoms with Gasteiger partial charge in [0, 0.05) is 38.2 Å². The summed E-state index contributed by atoms with van der Waals surface area (Å²) >= 11 is 0. The summed E-state index contributed by atoms with van der Waals surface area (Å²) in [5.41, 5.74) is 0. The average Bonchev–Trinajstić information content (AvgIpc) is 3.12. The molecule has 1 saturated carbocycles. The Kier molecular flexibility index (Phi) is 4.77. The van der Waals surface area contributed by atoms with E-state index in [1.807, 2.05) is 6.07 Å². The molecule has 2 aliphatic heterocycles. The third-order valence-electron chi connectivity index (χ3n) is 6.29.